The molecule has 1 N–H and O–H groups in total. The summed E-state index contributed by atoms with van der Waals surface area (Å²) in [5.41, 5.74) is 1.15. The number of carbonyl (C=O) groups excluding carboxylic acids is 1. The van der Waals surface area contributed by atoms with Crippen molar-refractivity contribution >= 4 is 17.5 Å². The van der Waals surface area contributed by atoms with E-state index in [1.165, 1.54) is 4.68 Å². The van der Waals surface area contributed by atoms with Gasteiger partial charge in [0.1, 0.15) is 0 Å². The molecule has 0 aliphatic heterocycles. The molecule has 1 fully saturated rings. The summed E-state index contributed by atoms with van der Waals surface area (Å²) in [4.78, 5) is 15.8. The van der Waals surface area contributed by atoms with Crippen LogP contribution in [0.5, 0.6) is 0 Å². The first-order valence-corrected chi connectivity index (χ1v) is 7.52. The molecule has 0 spiro atoms. The number of amides is 1. The lowest BCUT2D eigenvalue weighted by atomic mass is 9.89. The predicted molar refractivity (Wildman–Crippen MR) is 81.5 cm³/mol. The summed E-state index contributed by atoms with van der Waals surface area (Å²) in [7, 11) is 1.64. The maximum Gasteiger partial charge on any atom is 0.291 e. The van der Waals surface area contributed by atoms with Crippen molar-refractivity contribution in [3.05, 3.63) is 47.0 Å². The van der Waals surface area contributed by atoms with Crippen LogP contribution in [-0.2, 0) is 18.4 Å². The van der Waals surface area contributed by atoms with Crippen molar-refractivity contribution in [2.24, 2.45) is 7.05 Å². The Kier molecular flexibility index (Phi) is 4.40. The molecule has 1 amide bonds. The molecule has 3 rings (SSSR count). The van der Waals surface area contributed by atoms with Crippen molar-refractivity contribution in [2.75, 3.05) is 0 Å². The summed E-state index contributed by atoms with van der Waals surface area (Å²) in [6.45, 7) is 0.601. The Morgan fingerprint density at radius 3 is 2.77 bits per heavy atom. The molecular weight excluding hydrogens is 304 g/mol. The van der Waals surface area contributed by atoms with Crippen LogP contribution < -0.4 is 5.32 Å². The van der Waals surface area contributed by atoms with E-state index < -0.39 is 0 Å². The molecule has 0 bridgehead atoms. The Morgan fingerprint density at radius 2 is 2.14 bits per heavy atom. The summed E-state index contributed by atoms with van der Waals surface area (Å²) in [5, 5.41) is 7.03. The van der Waals surface area contributed by atoms with Gasteiger partial charge in [-0.2, -0.15) is 4.98 Å². The van der Waals surface area contributed by atoms with Crippen LogP contribution >= 0.6 is 11.6 Å². The number of halogens is 1. The van der Waals surface area contributed by atoms with E-state index >= 15 is 0 Å². The standard InChI is InChI=1S/C15H17ClN4O2/c1-20-15(16)18-13(19-20)14(21)17-11-7-12(8-11)22-9-10-5-3-2-4-6-10/h2-6,11-12H,7-9H2,1H3,(H,17,21). The second-order valence-electron chi connectivity index (χ2n) is 5.39. The van der Waals surface area contributed by atoms with Gasteiger partial charge in [-0.25, -0.2) is 4.68 Å². The molecule has 116 valence electrons. The van der Waals surface area contributed by atoms with E-state index in [1.807, 2.05) is 30.3 Å². The third kappa shape index (κ3) is 3.45. The van der Waals surface area contributed by atoms with Crippen LogP contribution in [0, 0.1) is 0 Å². The number of aryl methyl sites for hydroxylation is 1. The molecule has 0 radical (unpaired) electrons. The number of nitrogens with one attached hydrogen (secondary N) is 1. The van der Waals surface area contributed by atoms with E-state index in [0.29, 0.717) is 6.61 Å². The van der Waals surface area contributed by atoms with Crippen molar-refractivity contribution in [1.82, 2.24) is 20.1 Å². The molecule has 1 aromatic heterocycles. The number of hydrogen-bond donors (Lipinski definition) is 1. The van der Waals surface area contributed by atoms with Gasteiger partial charge < -0.3 is 10.1 Å². The molecule has 1 aliphatic rings. The average Bonchev–Trinajstić information content (AvgIpc) is 2.82. The van der Waals surface area contributed by atoms with Gasteiger partial charge in [0.25, 0.3) is 5.91 Å². The number of benzene rings is 1. The van der Waals surface area contributed by atoms with Crippen LogP contribution in [0.2, 0.25) is 5.28 Å². The summed E-state index contributed by atoms with van der Waals surface area (Å²) in [5.74, 6) is -0.199. The highest BCUT2D eigenvalue weighted by molar-refractivity contribution is 6.28. The minimum Gasteiger partial charge on any atom is -0.373 e. The minimum absolute atomic E-state index is 0.0983. The quantitative estimate of drug-likeness (QED) is 0.914. The lowest BCUT2D eigenvalue weighted by molar-refractivity contribution is -0.0252. The van der Waals surface area contributed by atoms with Gasteiger partial charge >= 0.3 is 0 Å². The molecule has 1 aliphatic carbocycles. The molecule has 0 atom stereocenters. The Balaban J connectivity index is 1.41. The van der Waals surface area contributed by atoms with E-state index in [0.717, 1.165) is 18.4 Å². The smallest absolute Gasteiger partial charge is 0.291 e. The second-order valence-corrected chi connectivity index (χ2v) is 5.73. The van der Waals surface area contributed by atoms with Crippen molar-refractivity contribution in [3.63, 3.8) is 0 Å². The Labute approximate surface area is 133 Å². The van der Waals surface area contributed by atoms with Crippen LogP contribution in [0.15, 0.2) is 30.3 Å². The van der Waals surface area contributed by atoms with Gasteiger partial charge in [0.05, 0.1) is 12.7 Å². The van der Waals surface area contributed by atoms with Crippen LogP contribution in [0.4, 0.5) is 0 Å². The number of nitrogens with zero attached hydrogens (tertiary/aromatic N) is 3. The molecule has 6 nitrogen and oxygen atoms in total. The zero-order valence-corrected chi connectivity index (χ0v) is 13.0. The van der Waals surface area contributed by atoms with Crippen LogP contribution in [0.1, 0.15) is 29.0 Å². The van der Waals surface area contributed by atoms with Crippen LogP contribution in [0.25, 0.3) is 0 Å². The van der Waals surface area contributed by atoms with Gasteiger partial charge in [0.2, 0.25) is 11.1 Å². The van der Waals surface area contributed by atoms with Gasteiger partial charge in [-0.1, -0.05) is 30.3 Å². The number of ether oxygens (including phenoxy) is 1. The summed E-state index contributed by atoms with van der Waals surface area (Å²) >= 11 is 5.77. The molecule has 0 saturated heterocycles. The van der Waals surface area contributed by atoms with Gasteiger partial charge in [-0.3, -0.25) is 4.79 Å². The van der Waals surface area contributed by atoms with Crippen molar-refractivity contribution in [2.45, 2.75) is 31.6 Å². The minimum atomic E-state index is -0.297. The third-order valence-corrected chi connectivity index (χ3v) is 4.00. The summed E-state index contributed by atoms with van der Waals surface area (Å²) < 4.78 is 7.16. The fourth-order valence-corrected chi connectivity index (χ4v) is 2.44. The van der Waals surface area contributed by atoms with Gasteiger partial charge in [-0.15, -0.1) is 5.10 Å². The number of carbonyl (C=O) groups is 1. The first-order valence-electron chi connectivity index (χ1n) is 7.15. The molecule has 7 heteroatoms. The fourth-order valence-electron chi connectivity index (χ4n) is 2.32. The SMILES string of the molecule is Cn1nc(C(=O)NC2CC(OCc3ccccc3)C2)nc1Cl. The Bertz CT molecular complexity index is 633. The highest BCUT2D eigenvalue weighted by atomic mass is 35.5. The lowest BCUT2D eigenvalue weighted by Gasteiger charge is -2.35. The van der Waals surface area contributed by atoms with E-state index in [-0.39, 0.29) is 29.2 Å². The second kappa shape index (κ2) is 6.46. The van der Waals surface area contributed by atoms with Crippen molar-refractivity contribution in [3.8, 4) is 0 Å². The predicted octanol–water partition coefficient (Wildman–Crippen LogP) is 1.95. The molecule has 0 unspecified atom stereocenters. The maximum absolute atomic E-state index is 12.0. The summed E-state index contributed by atoms with van der Waals surface area (Å²) in [6.07, 6.45) is 1.80. The fraction of sp³-hybridized carbons (Fsp3) is 0.400. The molecule has 22 heavy (non-hydrogen) atoms. The summed E-state index contributed by atoms with van der Waals surface area (Å²) in [6, 6.07) is 10.1. The monoisotopic (exact) mass is 320 g/mol. The van der Waals surface area contributed by atoms with Gasteiger partial charge in [0, 0.05) is 13.1 Å². The first kappa shape index (κ1) is 15.0. The van der Waals surface area contributed by atoms with E-state index in [4.69, 9.17) is 16.3 Å². The lowest BCUT2D eigenvalue weighted by Crippen LogP contribution is -2.48. The van der Waals surface area contributed by atoms with Crippen LogP contribution in [0.3, 0.4) is 0 Å². The highest BCUT2D eigenvalue weighted by Gasteiger charge is 2.32. The number of aromatic nitrogens is 3. The topological polar surface area (TPSA) is 69.0 Å². The first-order chi connectivity index (χ1) is 10.6. The molecule has 1 aromatic carbocycles. The van der Waals surface area contributed by atoms with Gasteiger partial charge in [-0.05, 0) is 30.0 Å². The third-order valence-electron chi connectivity index (χ3n) is 3.67. The maximum atomic E-state index is 12.0. The van der Waals surface area contributed by atoms with Crippen molar-refractivity contribution < 1.29 is 9.53 Å². The molecule has 1 saturated carbocycles. The van der Waals surface area contributed by atoms with Crippen molar-refractivity contribution in [1.29, 1.82) is 0 Å². The Morgan fingerprint density at radius 1 is 1.41 bits per heavy atom. The zero-order valence-electron chi connectivity index (χ0n) is 12.2. The Hall–Kier alpha value is -1.92. The van der Waals surface area contributed by atoms with E-state index in [9.17, 15) is 4.79 Å². The normalized spacial score (nSPS) is 20.5. The molecular formula is C15H17ClN4O2. The highest BCUT2D eigenvalue weighted by Crippen LogP contribution is 2.24. The molecule has 2 aromatic rings. The number of hydrogen-bond acceptors (Lipinski definition) is 4. The average molecular weight is 321 g/mol. The molecule has 1 heterocycles. The van der Waals surface area contributed by atoms with Crippen LogP contribution in [-0.4, -0.2) is 32.8 Å². The van der Waals surface area contributed by atoms with E-state index in [2.05, 4.69) is 15.4 Å². The van der Waals surface area contributed by atoms with Gasteiger partial charge in [0.15, 0.2) is 0 Å². The van der Waals surface area contributed by atoms with E-state index in [1.54, 1.807) is 7.05 Å². The number of rotatable bonds is 5. The largest absolute Gasteiger partial charge is 0.373 e. The zero-order chi connectivity index (χ0) is 15.5.